The molecule has 2 N–H and O–H groups in total. The summed E-state index contributed by atoms with van der Waals surface area (Å²) in [6.45, 7) is 0. The molecule has 8 heteroatoms. The maximum absolute atomic E-state index is 10.1. The molecular weight excluding hydrogens is 238 g/mol. The van der Waals surface area contributed by atoms with Crippen LogP contribution in [-0.2, 0) is 0 Å². The van der Waals surface area contributed by atoms with Crippen LogP contribution >= 0.6 is 0 Å². The molecule has 0 saturated carbocycles. The zero-order chi connectivity index (χ0) is 10.6. The van der Waals surface area contributed by atoms with E-state index in [1.807, 2.05) is 0 Å². The largest absolute Gasteiger partial charge is 1.00 e. The van der Waals surface area contributed by atoms with Gasteiger partial charge in [0.15, 0.2) is 0 Å². The third kappa shape index (κ3) is 7.10. The summed E-state index contributed by atoms with van der Waals surface area (Å²) in [6, 6.07) is 5.14. The topological polar surface area (TPSA) is 93.1 Å². The number of ether oxygens (including phenoxy) is 2. The predicted molar refractivity (Wildman–Crippen MR) is 46.0 cm³/mol. The Morgan fingerprint density at radius 3 is 1.31 bits per heavy atom. The first-order valence-electron chi connectivity index (χ1n) is 3.49. The van der Waals surface area contributed by atoms with Gasteiger partial charge in [-0.3, -0.25) is 0 Å². The summed E-state index contributed by atoms with van der Waals surface area (Å²) in [7, 11) is 0. The summed E-state index contributed by atoms with van der Waals surface area (Å²) in [5.74, 6) is 0.186. The van der Waals surface area contributed by atoms with Crippen molar-refractivity contribution in [3.63, 3.8) is 0 Å². The molecule has 16 heavy (non-hydrogen) atoms. The molecule has 0 aliphatic rings. The van der Waals surface area contributed by atoms with Crippen LogP contribution in [-0.4, -0.2) is 22.5 Å². The quantitative estimate of drug-likeness (QED) is 0.314. The van der Waals surface area contributed by atoms with E-state index in [1.54, 1.807) is 0 Å². The Morgan fingerprint density at radius 1 is 0.875 bits per heavy atom. The average Bonchev–Trinajstić information content (AvgIpc) is 2.06. The van der Waals surface area contributed by atoms with Crippen LogP contribution in [0.3, 0.4) is 0 Å². The van der Waals surface area contributed by atoms with Crippen molar-refractivity contribution in [2.45, 2.75) is 0 Å². The van der Waals surface area contributed by atoms with Crippen LogP contribution < -0.4 is 68.6 Å². The standard InChI is InChI=1S/C8H6O6.2Na.2H/c9-7(10)13-5-1-2-6(4-3-5)14-8(11)12;;;;/h1-4H,(H,9,10)(H,11,12);;;;/q;2*+1;2*-1. The van der Waals surface area contributed by atoms with Crippen molar-refractivity contribution in [1.82, 2.24) is 0 Å². The Kier molecular flexibility index (Phi) is 10.0. The van der Waals surface area contributed by atoms with E-state index in [0.29, 0.717) is 0 Å². The number of benzene rings is 1. The second kappa shape index (κ2) is 8.86. The maximum Gasteiger partial charge on any atom is 1.00 e. The molecule has 1 aromatic rings. The van der Waals surface area contributed by atoms with E-state index in [2.05, 4.69) is 9.47 Å². The molecule has 0 fully saturated rings. The smallest absolute Gasteiger partial charge is 1.00 e. The zero-order valence-corrected chi connectivity index (χ0v) is 12.8. The SMILES string of the molecule is O=C(O)Oc1ccc(OC(=O)O)cc1.[H-].[H-].[Na+].[Na+]. The van der Waals surface area contributed by atoms with Gasteiger partial charge in [-0.25, -0.2) is 9.59 Å². The van der Waals surface area contributed by atoms with Crippen LogP contribution in [0, 0.1) is 0 Å². The van der Waals surface area contributed by atoms with Gasteiger partial charge in [0, 0.05) is 0 Å². The van der Waals surface area contributed by atoms with Gasteiger partial charge in [0.2, 0.25) is 0 Å². The van der Waals surface area contributed by atoms with E-state index >= 15 is 0 Å². The monoisotopic (exact) mass is 246 g/mol. The van der Waals surface area contributed by atoms with Gasteiger partial charge in [0.25, 0.3) is 0 Å². The molecule has 0 unspecified atom stereocenters. The molecule has 1 aromatic carbocycles. The van der Waals surface area contributed by atoms with Gasteiger partial charge in [-0.1, -0.05) is 0 Å². The fourth-order valence-corrected chi connectivity index (χ4v) is 0.777. The molecule has 6 nitrogen and oxygen atoms in total. The minimum absolute atomic E-state index is 0. The molecule has 0 bridgehead atoms. The molecule has 1 rings (SSSR count). The summed E-state index contributed by atoms with van der Waals surface area (Å²) in [5.41, 5.74) is 0. The van der Waals surface area contributed by atoms with Gasteiger partial charge in [0.1, 0.15) is 11.5 Å². The van der Waals surface area contributed by atoms with Crippen molar-refractivity contribution < 1.29 is 91.2 Å². The minimum Gasteiger partial charge on any atom is -1.00 e. The number of carbonyl (C=O) groups is 2. The van der Waals surface area contributed by atoms with Crippen LogP contribution in [0.5, 0.6) is 11.5 Å². The van der Waals surface area contributed by atoms with Crippen LogP contribution in [0.25, 0.3) is 0 Å². The summed E-state index contributed by atoms with van der Waals surface area (Å²) in [6.07, 6.45) is -2.87. The third-order valence-electron chi connectivity index (χ3n) is 1.23. The van der Waals surface area contributed by atoms with Gasteiger partial charge in [-0.2, -0.15) is 0 Å². The van der Waals surface area contributed by atoms with Crippen LogP contribution in [0.4, 0.5) is 9.59 Å². The number of hydrogen-bond acceptors (Lipinski definition) is 4. The van der Waals surface area contributed by atoms with Gasteiger partial charge in [0.05, 0.1) is 0 Å². The zero-order valence-electron chi connectivity index (χ0n) is 10.8. The molecule has 0 saturated heterocycles. The third-order valence-corrected chi connectivity index (χ3v) is 1.23. The normalized spacial score (nSPS) is 8.00. The molecular formula is C8H8Na2O6. The van der Waals surface area contributed by atoms with E-state index in [0.717, 1.165) is 0 Å². The molecule has 0 heterocycles. The van der Waals surface area contributed by atoms with Crippen molar-refractivity contribution >= 4 is 12.3 Å². The van der Waals surface area contributed by atoms with Crippen LogP contribution in [0.15, 0.2) is 24.3 Å². The molecule has 0 atom stereocenters. The average molecular weight is 246 g/mol. The van der Waals surface area contributed by atoms with Crippen molar-refractivity contribution in [2.24, 2.45) is 0 Å². The summed E-state index contributed by atoms with van der Waals surface area (Å²) < 4.78 is 8.58. The first-order chi connectivity index (χ1) is 6.58. The Bertz CT molecular complexity index is 324. The molecule has 0 aliphatic carbocycles. The van der Waals surface area contributed by atoms with Crippen molar-refractivity contribution in [3.05, 3.63) is 24.3 Å². The van der Waals surface area contributed by atoms with Gasteiger partial charge in [-0.15, -0.1) is 0 Å². The van der Waals surface area contributed by atoms with E-state index in [1.165, 1.54) is 24.3 Å². The summed E-state index contributed by atoms with van der Waals surface area (Å²) in [5, 5.41) is 16.5. The summed E-state index contributed by atoms with van der Waals surface area (Å²) in [4.78, 5) is 20.2. The number of hydrogen-bond donors (Lipinski definition) is 2. The first-order valence-corrected chi connectivity index (χ1v) is 3.49. The molecule has 0 spiro atoms. The fourth-order valence-electron chi connectivity index (χ4n) is 0.777. The van der Waals surface area contributed by atoms with Crippen molar-refractivity contribution in [2.75, 3.05) is 0 Å². The molecule has 0 amide bonds. The Labute approximate surface area is 138 Å². The molecule has 78 valence electrons. The molecule has 0 aromatic heterocycles. The Hall–Kier alpha value is -0.240. The van der Waals surface area contributed by atoms with E-state index in [4.69, 9.17) is 10.2 Å². The maximum atomic E-state index is 10.1. The first kappa shape index (κ1) is 18.1. The van der Waals surface area contributed by atoms with Gasteiger partial charge < -0.3 is 22.5 Å². The van der Waals surface area contributed by atoms with Crippen molar-refractivity contribution in [3.8, 4) is 11.5 Å². The van der Waals surface area contributed by atoms with Crippen LogP contribution in [0.2, 0.25) is 0 Å². The molecule has 0 radical (unpaired) electrons. The van der Waals surface area contributed by atoms with Crippen molar-refractivity contribution in [1.29, 1.82) is 0 Å². The number of rotatable bonds is 2. The minimum atomic E-state index is -1.43. The Balaban J connectivity index is -0.000000245. The van der Waals surface area contributed by atoms with E-state index < -0.39 is 12.3 Å². The van der Waals surface area contributed by atoms with Gasteiger partial charge >= 0.3 is 71.4 Å². The van der Waals surface area contributed by atoms with Crippen LogP contribution in [0.1, 0.15) is 2.85 Å². The fraction of sp³-hybridized carbons (Fsp3) is 0. The summed E-state index contributed by atoms with van der Waals surface area (Å²) >= 11 is 0. The van der Waals surface area contributed by atoms with E-state index in [9.17, 15) is 9.59 Å². The Morgan fingerprint density at radius 2 is 1.12 bits per heavy atom. The van der Waals surface area contributed by atoms with Gasteiger partial charge in [-0.05, 0) is 24.3 Å². The second-order valence-electron chi connectivity index (χ2n) is 2.21. The van der Waals surface area contributed by atoms with E-state index in [-0.39, 0.29) is 73.5 Å². The second-order valence-corrected chi connectivity index (χ2v) is 2.21. The predicted octanol–water partition coefficient (Wildman–Crippen LogP) is -3.97. The molecule has 0 aliphatic heterocycles. The number of carboxylic acid groups (broad SMARTS) is 2.